The van der Waals surface area contributed by atoms with Gasteiger partial charge in [0.05, 0.1) is 24.0 Å². The van der Waals surface area contributed by atoms with E-state index in [4.69, 9.17) is 0 Å². The summed E-state index contributed by atoms with van der Waals surface area (Å²) in [5.74, 6) is 0. The van der Waals surface area contributed by atoms with Crippen LogP contribution in [0.4, 0.5) is 0 Å². The zero-order valence-corrected chi connectivity index (χ0v) is 11.5. The van der Waals surface area contributed by atoms with Crippen molar-refractivity contribution in [1.29, 1.82) is 0 Å². The monoisotopic (exact) mass is 264 g/mol. The van der Waals surface area contributed by atoms with Crippen molar-refractivity contribution < 1.29 is 5.11 Å². The quantitative estimate of drug-likeness (QED) is 0.903. The molecule has 0 spiro atoms. The molecular formula is C14H24N4O. The summed E-state index contributed by atoms with van der Waals surface area (Å²) in [5.41, 5.74) is 1.04. The number of hydrogen-bond acceptors (Lipinski definition) is 4. The molecule has 1 aromatic rings. The van der Waals surface area contributed by atoms with Crippen LogP contribution in [0, 0.1) is 0 Å². The molecule has 1 N–H and O–H groups in total. The Bertz CT molecular complexity index is 400. The number of likely N-dealkylation sites (tertiary alicyclic amines) is 1. The fraction of sp³-hybridized carbons (Fsp3) is 0.857. The van der Waals surface area contributed by atoms with Crippen molar-refractivity contribution in [1.82, 2.24) is 19.9 Å². The van der Waals surface area contributed by atoms with Crippen molar-refractivity contribution in [2.75, 3.05) is 13.1 Å². The zero-order valence-electron chi connectivity index (χ0n) is 11.5. The van der Waals surface area contributed by atoms with Crippen LogP contribution in [0.5, 0.6) is 0 Å². The van der Waals surface area contributed by atoms with Gasteiger partial charge in [-0.25, -0.2) is 4.68 Å². The lowest BCUT2D eigenvalue weighted by Gasteiger charge is -2.27. The number of rotatable bonds is 3. The lowest BCUT2D eigenvalue weighted by atomic mass is 9.93. The lowest BCUT2D eigenvalue weighted by molar-refractivity contribution is 0.0685. The molecule has 2 heterocycles. The van der Waals surface area contributed by atoms with Gasteiger partial charge in [-0.3, -0.25) is 4.90 Å². The Morgan fingerprint density at radius 3 is 2.68 bits per heavy atom. The second-order valence-electron chi connectivity index (χ2n) is 5.95. The van der Waals surface area contributed by atoms with E-state index in [1.54, 1.807) is 0 Å². The van der Waals surface area contributed by atoms with Crippen LogP contribution in [0.15, 0.2) is 6.20 Å². The van der Waals surface area contributed by atoms with E-state index in [9.17, 15) is 5.11 Å². The first-order valence-corrected chi connectivity index (χ1v) is 7.64. The maximum atomic E-state index is 10.1. The van der Waals surface area contributed by atoms with Gasteiger partial charge >= 0.3 is 0 Å². The summed E-state index contributed by atoms with van der Waals surface area (Å²) >= 11 is 0. The van der Waals surface area contributed by atoms with Crippen molar-refractivity contribution in [3.63, 3.8) is 0 Å². The summed E-state index contributed by atoms with van der Waals surface area (Å²) in [4.78, 5) is 2.45. The molecule has 19 heavy (non-hydrogen) atoms. The third kappa shape index (κ3) is 3.15. The molecule has 0 amide bonds. The Balaban J connectivity index is 1.61. The summed E-state index contributed by atoms with van der Waals surface area (Å²) in [7, 11) is 0. The zero-order chi connectivity index (χ0) is 13.1. The van der Waals surface area contributed by atoms with Gasteiger partial charge < -0.3 is 5.11 Å². The van der Waals surface area contributed by atoms with E-state index in [-0.39, 0.29) is 12.1 Å². The molecule has 1 aliphatic heterocycles. The van der Waals surface area contributed by atoms with Crippen LogP contribution >= 0.6 is 0 Å². The van der Waals surface area contributed by atoms with Gasteiger partial charge in [-0.2, -0.15) is 0 Å². The third-order valence-electron chi connectivity index (χ3n) is 4.43. The molecule has 106 valence electrons. The molecule has 5 heteroatoms. The van der Waals surface area contributed by atoms with Crippen molar-refractivity contribution in [2.45, 2.75) is 63.6 Å². The minimum absolute atomic E-state index is 0.136. The average Bonchev–Trinajstić information content (AvgIpc) is 2.89. The van der Waals surface area contributed by atoms with E-state index >= 15 is 0 Å². The first-order valence-electron chi connectivity index (χ1n) is 7.64. The minimum Gasteiger partial charge on any atom is -0.391 e. The largest absolute Gasteiger partial charge is 0.391 e. The number of aliphatic hydroxyl groups excluding tert-OH is 1. The number of aliphatic hydroxyl groups is 1. The number of aromatic nitrogens is 3. The fourth-order valence-corrected chi connectivity index (χ4v) is 3.29. The molecule has 1 aliphatic carbocycles. The summed E-state index contributed by atoms with van der Waals surface area (Å²) in [6.07, 6.45) is 9.98. The highest BCUT2D eigenvalue weighted by molar-refractivity contribution is 4.95. The van der Waals surface area contributed by atoms with Crippen molar-refractivity contribution in [3.05, 3.63) is 11.9 Å². The molecule has 2 unspecified atom stereocenters. The summed E-state index contributed by atoms with van der Waals surface area (Å²) in [5, 5.41) is 18.6. The smallest absolute Gasteiger partial charge is 0.0967 e. The highest BCUT2D eigenvalue weighted by atomic mass is 16.3. The number of nitrogens with zero attached hydrogens (tertiary/aromatic N) is 4. The van der Waals surface area contributed by atoms with Crippen LogP contribution in [0.3, 0.4) is 0 Å². The average molecular weight is 264 g/mol. The molecule has 1 saturated heterocycles. The normalized spacial score (nSPS) is 29.5. The number of piperidine rings is 1. The summed E-state index contributed by atoms with van der Waals surface area (Å²) in [6.45, 7) is 3.26. The Hall–Kier alpha value is -0.940. The SMILES string of the molecule is OC1CCCCC1n1cc(CN2CCCCC2)nn1. The van der Waals surface area contributed by atoms with E-state index in [0.29, 0.717) is 0 Å². The summed E-state index contributed by atoms with van der Waals surface area (Å²) in [6, 6.07) is 0.136. The highest BCUT2D eigenvalue weighted by Crippen LogP contribution is 2.28. The molecule has 3 rings (SSSR count). The molecule has 0 bridgehead atoms. The molecule has 0 radical (unpaired) electrons. The van der Waals surface area contributed by atoms with Gasteiger partial charge in [0.2, 0.25) is 0 Å². The van der Waals surface area contributed by atoms with Gasteiger partial charge in [0.25, 0.3) is 0 Å². The minimum atomic E-state index is -0.252. The lowest BCUT2D eigenvalue weighted by Crippen LogP contribution is -2.29. The maximum absolute atomic E-state index is 10.1. The molecule has 1 saturated carbocycles. The first kappa shape index (κ1) is 13.1. The highest BCUT2D eigenvalue weighted by Gasteiger charge is 2.25. The van der Waals surface area contributed by atoms with Crippen molar-refractivity contribution in [2.24, 2.45) is 0 Å². The van der Waals surface area contributed by atoms with Gasteiger partial charge in [-0.05, 0) is 38.8 Å². The summed E-state index contributed by atoms with van der Waals surface area (Å²) < 4.78 is 1.89. The van der Waals surface area contributed by atoms with Crippen molar-refractivity contribution in [3.8, 4) is 0 Å². The van der Waals surface area contributed by atoms with E-state index < -0.39 is 0 Å². The third-order valence-corrected chi connectivity index (χ3v) is 4.43. The molecule has 1 aromatic heterocycles. The van der Waals surface area contributed by atoms with E-state index in [1.807, 2.05) is 10.9 Å². The van der Waals surface area contributed by atoms with Gasteiger partial charge in [-0.15, -0.1) is 5.10 Å². The van der Waals surface area contributed by atoms with Gasteiger partial charge in [-0.1, -0.05) is 24.5 Å². The van der Waals surface area contributed by atoms with Crippen LogP contribution in [0.25, 0.3) is 0 Å². The number of hydrogen-bond donors (Lipinski definition) is 1. The Kier molecular flexibility index (Phi) is 4.13. The van der Waals surface area contributed by atoms with Gasteiger partial charge in [0, 0.05) is 6.54 Å². The Morgan fingerprint density at radius 2 is 1.89 bits per heavy atom. The van der Waals surface area contributed by atoms with Crippen molar-refractivity contribution >= 4 is 0 Å². The maximum Gasteiger partial charge on any atom is 0.0967 e. The van der Waals surface area contributed by atoms with Crippen LogP contribution in [0.1, 0.15) is 56.7 Å². The topological polar surface area (TPSA) is 54.2 Å². The molecule has 0 aromatic carbocycles. The van der Waals surface area contributed by atoms with E-state index in [1.165, 1.54) is 38.8 Å². The van der Waals surface area contributed by atoms with Gasteiger partial charge in [0.1, 0.15) is 0 Å². The van der Waals surface area contributed by atoms with Crippen LogP contribution in [0.2, 0.25) is 0 Å². The second-order valence-corrected chi connectivity index (χ2v) is 5.95. The molecule has 2 fully saturated rings. The Labute approximate surface area is 114 Å². The molecule has 2 aliphatic rings. The molecular weight excluding hydrogens is 240 g/mol. The predicted octanol–water partition coefficient (Wildman–Crippen LogP) is 1.74. The molecule has 5 nitrogen and oxygen atoms in total. The predicted molar refractivity (Wildman–Crippen MR) is 72.7 cm³/mol. The fourth-order valence-electron chi connectivity index (χ4n) is 3.29. The van der Waals surface area contributed by atoms with E-state index in [0.717, 1.165) is 31.5 Å². The Morgan fingerprint density at radius 1 is 1.11 bits per heavy atom. The van der Waals surface area contributed by atoms with E-state index in [2.05, 4.69) is 15.2 Å². The van der Waals surface area contributed by atoms with Crippen LogP contribution in [-0.4, -0.2) is 44.2 Å². The van der Waals surface area contributed by atoms with Gasteiger partial charge in [0.15, 0.2) is 0 Å². The van der Waals surface area contributed by atoms with Crippen LogP contribution in [-0.2, 0) is 6.54 Å². The van der Waals surface area contributed by atoms with Crippen LogP contribution < -0.4 is 0 Å². The molecule has 2 atom stereocenters. The standard InChI is InChI=1S/C14H24N4O/c19-14-7-3-2-6-13(14)18-11-12(15-16-18)10-17-8-4-1-5-9-17/h11,13-14,19H,1-10H2. The second kappa shape index (κ2) is 6.01. The first-order chi connectivity index (χ1) is 9.33.